The highest BCUT2D eigenvalue weighted by atomic mass is 16.2. The number of aromatic amines is 1. The summed E-state index contributed by atoms with van der Waals surface area (Å²) < 4.78 is 0. The van der Waals surface area contributed by atoms with Crippen molar-refractivity contribution in [2.24, 2.45) is 0 Å². The summed E-state index contributed by atoms with van der Waals surface area (Å²) in [6.45, 7) is 2.88. The number of carbonyl (C=O) groups is 1. The molecule has 1 aromatic heterocycles. The molecule has 2 saturated heterocycles. The van der Waals surface area contributed by atoms with Crippen molar-refractivity contribution in [1.82, 2.24) is 20.4 Å². The summed E-state index contributed by atoms with van der Waals surface area (Å²) in [5.74, 6) is 0.754. The Morgan fingerprint density at radius 2 is 2.29 bits per heavy atom. The number of aromatic nitrogens is 2. The number of rotatable bonds is 4. The van der Waals surface area contributed by atoms with Crippen molar-refractivity contribution >= 4 is 5.91 Å². The lowest BCUT2D eigenvalue weighted by molar-refractivity contribution is -0.132. The third-order valence-corrected chi connectivity index (χ3v) is 4.86. The van der Waals surface area contributed by atoms with Gasteiger partial charge in [-0.2, -0.15) is 5.10 Å². The van der Waals surface area contributed by atoms with Crippen LogP contribution in [0.5, 0.6) is 0 Å². The molecular formula is C16H26N4O. The molecule has 21 heavy (non-hydrogen) atoms. The van der Waals surface area contributed by atoms with E-state index in [1.807, 2.05) is 6.07 Å². The van der Waals surface area contributed by atoms with E-state index in [0.717, 1.165) is 38.9 Å². The fourth-order valence-electron chi connectivity index (χ4n) is 3.58. The third kappa shape index (κ3) is 3.84. The number of nitrogens with one attached hydrogen (secondary N) is 2. The van der Waals surface area contributed by atoms with Crippen LogP contribution in [0.15, 0.2) is 12.3 Å². The molecule has 0 spiro atoms. The molecular weight excluding hydrogens is 264 g/mol. The van der Waals surface area contributed by atoms with Gasteiger partial charge >= 0.3 is 0 Å². The Labute approximate surface area is 126 Å². The van der Waals surface area contributed by atoms with Crippen LogP contribution in [0.4, 0.5) is 0 Å². The van der Waals surface area contributed by atoms with Crippen LogP contribution in [0, 0.1) is 0 Å². The monoisotopic (exact) mass is 290 g/mol. The van der Waals surface area contributed by atoms with Crippen molar-refractivity contribution in [1.29, 1.82) is 0 Å². The van der Waals surface area contributed by atoms with E-state index in [1.165, 1.54) is 25.0 Å². The molecule has 0 aliphatic carbocycles. The Hall–Kier alpha value is -1.36. The highest BCUT2D eigenvalue weighted by Gasteiger charge is 2.25. The standard InChI is InChI=1S/C16H26N4O/c21-16(7-6-14-5-1-2-9-17-14)20-11-3-4-13(12-20)15-8-10-18-19-15/h8,10,13-14,17H,1-7,9,11-12H2,(H,18,19). The molecule has 2 N–H and O–H groups in total. The van der Waals surface area contributed by atoms with Crippen LogP contribution in [0.25, 0.3) is 0 Å². The van der Waals surface area contributed by atoms with Crippen LogP contribution < -0.4 is 5.32 Å². The zero-order valence-corrected chi connectivity index (χ0v) is 12.7. The Bertz CT molecular complexity index is 439. The lowest BCUT2D eigenvalue weighted by Gasteiger charge is -2.33. The second-order valence-corrected chi connectivity index (χ2v) is 6.38. The van der Waals surface area contributed by atoms with Gasteiger partial charge < -0.3 is 10.2 Å². The first-order valence-electron chi connectivity index (χ1n) is 8.33. The smallest absolute Gasteiger partial charge is 0.222 e. The van der Waals surface area contributed by atoms with Gasteiger partial charge in [-0.25, -0.2) is 0 Å². The van der Waals surface area contributed by atoms with Gasteiger partial charge in [0.25, 0.3) is 0 Å². The van der Waals surface area contributed by atoms with Crippen LogP contribution in [0.3, 0.4) is 0 Å². The number of H-pyrrole nitrogens is 1. The number of hydrogen-bond donors (Lipinski definition) is 2. The largest absolute Gasteiger partial charge is 0.342 e. The van der Waals surface area contributed by atoms with Gasteiger partial charge in [-0.1, -0.05) is 6.42 Å². The van der Waals surface area contributed by atoms with E-state index >= 15 is 0 Å². The summed E-state index contributed by atoms with van der Waals surface area (Å²) in [7, 11) is 0. The van der Waals surface area contributed by atoms with E-state index in [1.54, 1.807) is 6.20 Å². The number of carbonyl (C=O) groups excluding carboxylic acids is 1. The summed E-state index contributed by atoms with van der Waals surface area (Å²) in [4.78, 5) is 14.5. The maximum atomic E-state index is 12.4. The van der Waals surface area contributed by atoms with Crippen molar-refractivity contribution in [3.05, 3.63) is 18.0 Å². The molecule has 2 fully saturated rings. The summed E-state index contributed by atoms with van der Waals surface area (Å²) in [6.07, 6.45) is 9.53. The number of amides is 1. The maximum absolute atomic E-state index is 12.4. The quantitative estimate of drug-likeness (QED) is 0.892. The number of piperidine rings is 2. The van der Waals surface area contributed by atoms with Crippen molar-refractivity contribution in [2.45, 2.75) is 56.9 Å². The summed E-state index contributed by atoms with van der Waals surface area (Å²) >= 11 is 0. The average Bonchev–Trinajstić information content (AvgIpc) is 3.08. The Morgan fingerprint density at radius 3 is 3.05 bits per heavy atom. The van der Waals surface area contributed by atoms with E-state index < -0.39 is 0 Å². The second kappa shape index (κ2) is 7.07. The summed E-state index contributed by atoms with van der Waals surface area (Å²) in [5, 5.41) is 10.6. The first-order chi connectivity index (χ1) is 10.3. The maximum Gasteiger partial charge on any atom is 0.222 e. The molecule has 2 atom stereocenters. The first-order valence-corrected chi connectivity index (χ1v) is 8.33. The number of hydrogen-bond acceptors (Lipinski definition) is 3. The highest BCUT2D eigenvalue weighted by molar-refractivity contribution is 5.76. The number of likely N-dealkylation sites (tertiary alicyclic amines) is 1. The molecule has 0 bridgehead atoms. The van der Waals surface area contributed by atoms with Gasteiger partial charge in [-0.05, 0) is 44.7 Å². The molecule has 5 nitrogen and oxygen atoms in total. The fourth-order valence-corrected chi connectivity index (χ4v) is 3.58. The van der Waals surface area contributed by atoms with Crippen molar-refractivity contribution in [2.75, 3.05) is 19.6 Å². The summed E-state index contributed by atoms with van der Waals surface area (Å²) in [6, 6.07) is 2.58. The Balaban J connectivity index is 1.47. The fraction of sp³-hybridized carbons (Fsp3) is 0.750. The van der Waals surface area contributed by atoms with Crippen molar-refractivity contribution in [3.8, 4) is 0 Å². The van der Waals surface area contributed by atoms with Crippen LogP contribution >= 0.6 is 0 Å². The van der Waals surface area contributed by atoms with Gasteiger partial charge in [0.15, 0.2) is 0 Å². The normalized spacial score (nSPS) is 26.8. The van der Waals surface area contributed by atoms with E-state index in [0.29, 0.717) is 24.3 Å². The molecule has 116 valence electrons. The predicted octanol–water partition coefficient (Wildman–Crippen LogP) is 2.04. The molecule has 1 aromatic rings. The summed E-state index contributed by atoms with van der Waals surface area (Å²) in [5.41, 5.74) is 1.17. The van der Waals surface area contributed by atoms with E-state index in [-0.39, 0.29) is 0 Å². The topological polar surface area (TPSA) is 61.0 Å². The first kappa shape index (κ1) is 14.6. The van der Waals surface area contributed by atoms with Crippen LogP contribution in [-0.2, 0) is 4.79 Å². The van der Waals surface area contributed by atoms with Crippen LogP contribution in [0.2, 0.25) is 0 Å². The van der Waals surface area contributed by atoms with E-state index in [9.17, 15) is 4.79 Å². The molecule has 0 saturated carbocycles. The molecule has 2 aliphatic heterocycles. The molecule has 1 amide bonds. The molecule has 2 aliphatic rings. The van der Waals surface area contributed by atoms with Gasteiger partial charge in [0, 0.05) is 43.4 Å². The molecule has 2 unspecified atom stereocenters. The molecule has 0 aromatic carbocycles. The predicted molar refractivity (Wildman–Crippen MR) is 82.0 cm³/mol. The van der Waals surface area contributed by atoms with E-state index in [2.05, 4.69) is 20.4 Å². The minimum Gasteiger partial charge on any atom is -0.342 e. The Kier molecular flexibility index (Phi) is 4.91. The SMILES string of the molecule is O=C(CCC1CCCCN1)N1CCCC(c2ccn[nH]2)C1. The molecule has 0 radical (unpaired) electrons. The highest BCUT2D eigenvalue weighted by Crippen LogP contribution is 2.26. The van der Waals surface area contributed by atoms with Gasteiger partial charge in [0.05, 0.1) is 0 Å². The Morgan fingerprint density at radius 1 is 1.33 bits per heavy atom. The van der Waals surface area contributed by atoms with Gasteiger partial charge in [0.2, 0.25) is 5.91 Å². The van der Waals surface area contributed by atoms with Crippen molar-refractivity contribution in [3.63, 3.8) is 0 Å². The zero-order valence-electron chi connectivity index (χ0n) is 12.7. The third-order valence-electron chi connectivity index (χ3n) is 4.86. The van der Waals surface area contributed by atoms with Crippen LogP contribution in [-0.4, -0.2) is 46.7 Å². The van der Waals surface area contributed by atoms with Crippen molar-refractivity contribution < 1.29 is 4.79 Å². The second-order valence-electron chi connectivity index (χ2n) is 6.38. The zero-order chi connectivity index (χ0) is 14.5. The molecule has 3 heterocycles. The van der Waals surface area contributed by atoms with Gasteiger partial charge in [-0.3, -0.25) is 9.89 Å². The van der Waals surface area contributed by atoms with Crippen LogP contribution in [0.1, 0.15) is 56.6 Å². The minimum atomic E-state index is 0.326. The molecule has 3 rings (SSSR count). The van der Waals surface area contributed by atoms with E-state index in [4.69, 9.17) is 0 Å². The molecule has 5 heteroatoms. The van der Waals surface area contributed by atoms with Gasteiger partial charge in [-0.15, -0.1) is 0 Å². The lowest BCUT2D eigenvalue weighted by Crippen LogP contribution is -2.40. The average molecular weight is 290 g/mol. The minimum absolute atomic E-state index is 0.326. The number of nitrogens with zero attached hydrogens (tertiary/aromatic N) is 2. The lowest BCUT2D eigenvalue weighted by atomic mass is 9.94. The van der Waals surface area contributed by atoms with Gasteiger partial charge in [0.1, 0.15) is 0 Å².